The quantitative estimate of drug-likeness (QED) is 0.138. The van der Waals surface area contributed by atoms with Gasteiger partial charge >= 0.3 is 12.1 Å². The van der Waals surface area contributed by atoms with Gasteiger partial charge in [0.1, 0.15) is 24.8 Å². The Kier molecular flexibility index (Phi) is 13.7. The van der Waals surface area contributed by atoms with Gasteiger partial charge in [-0.15, -0.1) is 0 Å². The van der Waals surface area contributed by atoms with Crippen LogP contribution in [0.5, 0.6) is 0 Å². The molecule has 51 heavy (non-hydrogen) atoms. The van der Waals surface area contributed by atoms with Gasteiger partial charge in [-0.05, 0) is 122 Å². The van der Waals surface area contributed by atoms with E-state index >= 15 is 0 Å². The van der Waals surface area contributed by atoms with Crippen molar-refractivity contribution in [1.29, 1.82) is 0 Å². The predicted molar refractivity (Wildman–Crippen MR) is 207 cm³/mol. The normalized spacial score (nSPS) is 31.6. The molecule has 4 aliphatic carbocycles. The van der Waals surface area contributed by atoms with Crippen molar-refractivity contribution in [2.24, 2.45) is 46.3 Å². The first-order valence-corrected chi connectivity index (χ1v) is 21.4. The number of alkyl carbamates (subject to hydrolysis) is 1. The predicted octanol–water partition coefficient (Wildman–Crippen LogP) is 9.49. The van der Waals surface area contributed by atoms with Crippen LogP contribution in [-0.4, -0.2) is 48.2 Å². The van der Waals surface area contributed by atoms with Crippen LogP contribution < -0.4 is 10.6 Å². The van der Waals surface area contributed by atoms with Crippen molar-refractivity contribution in [3.05, 3.63) is 47.5 Å². The number of fused-ring (bicyclic) bond motifs is 5. The van der Waals surface area contributed by atoms with Gasteiger partial charge < -0.3 is 20.1 Å². The standard InChI is InChI=1S/C43H66N2O5S/c1-28(2)12-11-13-29(3)35-18-19-36-34-17-16-32-26-33(20-23-42(32,5)37(34)21-24-43(35,36)6)50-40(47)30(4)44-39(46)38(22-25-51-7)45-41(48)49-27-31-14-9-8-10-15-31/h8-10,14-16,28-30,33-38H,11-13,17-27H2,1-7H3,(H,44,46)(H,45,48)/t29-,30+,33+,34+,35-,36+,37+,38?,42+,43-/m1/s1. The van der Waals surface area contributed by atoms with Gasteiger partial charge in [-0.1, -0.05) is 95.9 Å². The number of nitrogens with one attached hydrogen (secondary N) is 2. The highest BCUT2D eigenvalue weighted by atomic mass is 32.2. The van der Waals surface area contributed by atoms with Gasteiger partial charge in [0.05, 0.1) is 0 Å². The van der Waals surface area contributed by atoms with Crippen LogP contribution in [0.25, 0.3) is 0 Å². The Morgan fingerprint density at radius 1 is 0.922 bits per heavy atom. The summed E-state index contributed by atoms with van der Waals surface area (Å²) in [6.07, 6.45) is 17.5. The minimum atomic E-state index is -0.825. The monoisotopic (exact) mass is 722 g/mol. The minimum Gasteiger partial charge on any atom is -0.461 e. The van der Waals surface area contributed by atoms with E-state index in [9.17, 15) is 14.4 Å². The van der Waals surface area contributed by atoms with Crippen LogP contribution >= 0.6 is 11.8 Å². The Labute approximate surface area is 312 Å². The molecule has 0 radical (unpaired) electrons. The lowest BCUT2D eigenvalue weighted by Crippen LogP contribution is -2.52. The number of rotatable bonds is 15. The Hall–Kier alpha value is -2.48. The third-order valence-electron chi connectivity index (χ3n) is 13.7. The SMILES string of the molecule is CSCCC(NC(=O)OCc1ccccc1)C(=O)N[C@@H](C)C(=O)O[C@H]1CC[C@@]2(C)C(=CC[C@H]3[C@@H]4CC[C@H]([C@H](C)CCCC(C)C)[C@@]4(C)CC[C@@H]32)C1. The van der Waals surface area contributed by atoms with E-state index in [0.29, 0.717) is 23.5 Å². The average molecular weight is 723 g/mol. The lowest BCUT2D eigenvalue weighted by Gasteiger charge is -2.58. The van der Waals surface area contributed by atoms with Crippen LogP contribution in [-0.2, 0) is 25.7 Å². The van der Waals surface area contributed by atoms with Crippen LogP contribution in [0.2, 0.25) is 0 Å². The first-order valence-electron chi connectivity index (χ1n) is 20.0. The second-order valence-electron chi connectivity index (χ2n) is 17.4. The number of thioether (sulfide) groups is 1. The van der Waals surface area contributed by atoms with Gasteiger partial charge in [0, 0.05) is 6.42 Å². The molecule has 0 aromatic heterocycles. The zero-order chi connectivity index (χ0) is 36.8. The third kappa shape index (κ3) is 9.37. The van der Waals surface area contributed by atoms with Crippen LogP contribution in [0.1, 0.15) is 124 Å². The zero-order valence-corrected chi connectivity index (χ0v) is 33.3. The Bertz CT molecular complexity index is 1370. The van der Waals surface area contributed by atoms with E-state index in [0.717, 1.165) is 60.8 Å². The van der Waals surface area contributed by atoms with E-state index < -0.39 is 30.1 Å². The highest BCUT2D eigenvalue weighted by Gasteiger charge is 2.59. The smallest absolute Gasteiger partial charge is 0.408 e. The van der Waals surface area contributed by atoms with Crippen LogP contribution in [0.4, 0.5) is 4.79 Å². The second kappa shape index (κ2) is 17.6. The molecule has 0 aliphatic heterocycles. The zero-order valence-electron chi connectivity index (χ0n) is 32.5. The number of ether oxygens (including phenoxy) is 2. The molecule has 0 spiro atoms. The first-order chi connectivity index (χ1) is 24.4. The fourth-order valence-corrected chi connectivity index (χ4v) is 11.3. The van der Waals surface area contributed by atoms with Crippen LogP contribution in [0, 0.1) is 46.3 Å². The molecule has 1 unspecified atom stereocenters. The first kappa shape index (κ1) is 39.7. The average Bonchev–Trinajstić information content (AvgIpc) is 3.46. The molecule has 1 aromatic carbocycles. The Morgan fingerprint density at radius 2 is 1.69 bits per heavy atom. The number of carbonyl (C=O) groups excluding carboxylic acids is 3. The molecule has 3 saturated carbocycles. The largest absolute Gasteiger partial charge is 0.461 e. The number of benzene rings is 1. The molecular weight excluding hydrogens is 657 g/mol. The van der Waals surface area contributed by atoms with Gasteiger partial charge in [0.25, 0.3) is 0 Å². The molecule has 10 atom stereocenters. The molecule has 7 nitrogen and oxygen atoms in total. The maximum atomic E-state index is 13.3. The molecular formula is C43H66N2O5S. The molecule has 2 amide bonds. The third-order valence-corrected chi connectivity index (χ3v) is 14.3. The molecule has 0 heterocycles. The Balaban J connectivity index is 1.13. The number of amides is 2. The van der Waals surface area contributed by atoms with Crippen LogP contribution in [0.15, 0.2) is 42.0 Å². The van der Waals surface area contributed by atoms with E-state index in [2.05, 4.69) is 51.3 Å². The number of hydrogen-bond donors (Lipinski definition) is 2. The summed E-state index contributed by atoms with van der Waals surface area (Å²) in [5, 5.41) is 5.50. The molecule has 1 aromatic rings. The summed E-state index contributed by atoms with van der Waals surface area (Å²) in [5.41, 5.74) is 3.00. The fraction of sp³-hybridized carbons (Fsp3) is 0.744. The summed E-state index contributed by atoms with van der Waals surface area (Å²) in [7, 11) is 0. The van der Waals surface area contributed by atoms with E-state index in [1.54, 1.807) is 18.7 Å². The second-order valence-corrected chi connectivity index (χ2v) is 18.3. The molecule has 2 N–H and O–H groups in total. The van der Waals surface area contributed by atoms with E-state index in [1.807, 2.05) is 36.6 Å². The molecule has 0 saturated heterocycles. The molecule has 284 valence electrons. The molecule has 8 heteroatoms. The fourth-order valence-electron chi connectivity index (χ4n) is 10.8. The molecule has 5 rings (SSSR count). The van der Waals surface area contributed by atoms with Crippen molar-refractivity contribution < 1.29 is 23.9 Å². The number of allylic oxidation sites excluding steroid dienone is 1. The van der Waals surface area contributed by atoms with Gasteiger partial charge in [0.2, 0.25) is 5.91 Å². The summed E-state index contributed by atoms with van der Waals surface area (Å²) in [5.74, 6) is 4.61. The van der Waals surface area contributed by atoms with Gasteiger partial charge in [0.15, 0.2) is 0 Å². The lowest BCUT2D eigenvalue weighted by molar-refractivity contribution is -0.155. The maximum Gasteiger partial charge on any atom is 0.408 e. The maximum absolute atomic E-state index is 13.3. The summed E-state index contributed by atoms with van der Waals surface area (Å²) in [6.45, 7) is 14.2. The topological polar surface area (TPSA) is 93.7 Å². The summed E-state index contributed by atoms with van der Waals surface area (Å²) < 4.78 is 11.4. The van der Waals surface area contributed by atoms with Crippen molar-refractivity contribution >= 4 is 29.7 Å². The minimum absolute atomic E-state index is 0.114. The molecule has 0 bridgehead atoms. The van der Waals surface area contributed by atoms with E-state index in [1.165, 1.54) is 50.5 Å². The van der Waals surface area contributed by atoms with Crippen molar-refractivity contribution in [2.75, 3.05) is 12.0 Å². The van der Waals surface area contributed by atoms with Crippen molar-refractivity contribution in [3.8, 4) is 0 Å². The van der Waals surface area contributed by atoms with Crippen molar-refractivity contribution in [2.45, 2.75) is 143 Å². The van der Waals surface area contributed by atoms with Crippen molar-refractivity contribution in [1.82, 2.24) is 10.6 Å². The summed E-state index contributed by atoms with van der Waals surface area (Å²) in [6, 6.07) is 7.77. The van der Waals surface area contributed by atoms with E-state index in [-0.39, 0.29) is 18.1 Å². The van der Waals surface area contributed by atoms with Crippen molar-refractivity contribution in [3.63, 3.8) is 0 Å². The van der Waals surface area contributed by atoms with Gasteiger partial charge in [-0.2, -0.15) is 11.8 Å². The van der Waals surface area contributed by atoms with Gasteiger partial charge in [-0.3, -0.25) is 4.79 Å². The van der Waals surface area contributed by atoms with E-state index in [4.69, 9.17) is 9.47 Å². The highest BCUT2D eigenvalue weighted by molar-refractivity contribution is 7.98. The number of carbonyl (C=O) groups is 3. The highest BCUT2D eigenvalue weighted by Crippen LogP contribution is 2.67. The number of esters is 1. The Morgan fingerprint density at radius 3 is 2.41 bits per heavy atom. The molecule has 3 fully saturated rings. The summed E-state index contributed by atoms with van der Waals surface area (Å²) in [4.78, 5) is 39.1. The molecule has 4 aliphatic rings. The number of hydrogen-bond acceptors (Lipinski definition) is 6. The van der Waals surface area contributed by atoms with Crippen LogP contribution in [0.3, 0.4) is 0 Å². The van der Waals surface area contributed by atoms with Gasteiger partial charge in [-0.25, -0.2) is 9.59 Å². The lowest BCUT2D eigenvalue weighted by atomic mass is 9.47. The summed E-state index contributed by atoms with van der Waals surface area (Å²) >= 11 is 1.59.